The third kappa shape index (κ3) is 3.62. The Hall–Kier alpha value is -2.81. The molecule has 0 unspecified atom stereocenters. The Morgan fingerprint density at radius 3 is 2.48 bits per heavy atom. The average molecular weight is 530 g/mol. The maximum atomic E-state index is 13.7. The summed E-state index contributed by atoms with van der Waals surface area (Å²) in [6.07, 6.45) is -8.36. The number of anilines is 1. The number of nitriles is 1. The molecule has 172 valence electrons. The van der Waals surface area contributed by atoms with E-state index < -0.39 is 41.0 Å². The molecule has 5 nitrogen and oxygen atoms in total. The molecule has 1 N–H and O–H groups in total. The van der Waals surface area contributed by atoms with Crippen LogP contribution in [0.15, 0.2) is 28.7 Å². The molecule has 1 aliphatic carbocycles. The molecule has 0 amide bonds. The van der Waals surface area contributed by atoms with Gasteiger partial charge in [0.1, 0.15) is 29.0 Å². The number of alkyl halides is 6. The van der Waals surface area contributed by atoms with Crippen LogP contribution in [-0.4, -0.2) is 21.0 Å². The van der Waals surface area contributed by atoms with Gasteiger partial charge < -0.3 is 9.88 Å². The van der Waals surface area contributed by atoms with Gasteiger partial charge in [0.15, 0.2) is 0 Å². The smallest absolute Gasteiger partial charge is 0.342 e. The van der Waals surface area contributed by atoms with Gasteiger partial charge in [-0.2, -0.15) is 31.6 Å². The van der Waals surface area contributed by atoms with Gasteiger partial charge in [-0.25, -0.2) is 9.97 Å². The van der Waals surface area contributed by atoms with E-state index in [4.69, 9.17) is 0 Å². The average Bonchev–Trinajstić information content (AvgIpc) is 3.44. The zero-order valence-electron chi connectivity index (χ0n) is 16.6. The number of benzene rings is 1. The second-order valence-electron chi connectivity index (χ2n) is 8.22. The first kappa shape index (κ1) is 22.0. The molecule has 2 aromatic heterocycles. The summed E-state index contributed by atoms with van der Waals surface area (Å²) in [5, 5.41) is 9.56. The fourth-order valence-electron chi connectivity index (χ4n) is 4.98. The number of pyridine rings is 1. The van der Waals surface area contributed by atoms with Gasteiger partial charge in [0.25, 0.3) is 0 Å². The molecule has 1 aromatic carbocycles. The van der Waals surface area contributed by atoms with Crippen LogP contribution in [0.4, 0.5) is 32.2 Å². The van der Waals surface area contributed by atoms with E-state index in [0.29, 0.717) is 29.7 Å². The Morgan fingerprint density at radius 1 is 1.06 bits per heavy atom. The van der Waals surface area contributed by atoms with Crippen LogP contribution in [0.5, 0.6) is 0 Å². The maximum absolute atomic E-state index is 13.7. The van der Waals surface area contributed by atoms with Crippen LogP contribution in [0, 0.1) is 17.2 Å². The Labute approximate surface area is 191 Å². The summed E-state index contributed by atoms with van der Waals surface area (Å²) in [4.78, 5) is 12.7. The van der Waals surface area contributed by atoms with Crippen molar-refractivity contribution in [1.82, 2.24) is 15.0 Å². The molecule has 3 heterocycles. The summed E-state index contributed by atoms with van der Waals surface area (Å²) >= 11 is 3.36. The Bertz CT molecular complexity index is 1290. The van der Waals surface area contributed by atoms with Crippen LogP contribution in [0.3, 0.4) is 0 Å². The van der Waals surface area contributed by atoms with Crippen molar-refractivity contribution >= 4 is 32.8 Å². The normalized spacial score (nSPS) is 22.8. The minimum absolute atomic E-state index is 0.0452. The van der Waals surface area contributed by atoms with Gasteiger partial charge >= 0.3 is 12.4 Å². The number of aromatic nitrogens is 3. The lowest BCUT2D eigenvalue weighted by molar-refractivity contribution is -0.145. The molecule has 5 rings (SSSR count). The van der Waals surface area contributed by atoms with Crippen molar-refractivity contribution in [2.75, 3.05) is 4.90 Å². The van der Waals surface area contributed by atoms with Gasteiger partial charge in [-0.15, -0.1) is 0 Å². The van der Waals surface area contributed by atoms with Crippen molar-refractivity contribution in [3.8, 4) is 6.07 Å². The van der Waals surface area contributed by atoms with E-state index in [1.165, 1.54) is 11.0 Å². The van der Waals surface area contributed by atoms with E-state index in [9.17, 15) is 31.6 Å². The lowest BCUT2D eigenvalue weighted by Gasteiger charge is -2.36. The van der Waals surface area contributed by atoms with Gasteiger partial charge in [0.2, 0.25) is 0 Å². The van der Waals surface area contributed by atoms with E-state index in [2.05, 4.69) is 30.9 Å². The number of piperidine rings is 1. The zero-order chi connectivity index (χ0) is 23.7. The molecule has 2 aliphatic rings. The van der Waals surface area contributed by atoms with Gasteiger partial charge in [0, 0.05) is 10.5 Å². The molecule has 33 heavy (non-hydrogen) atoms. The molecule has 2 fully saturated rings. The fourth-order valence-corrected chi connectivity index (χ4v) is 5.35. The molecule has 3 atom stereocenters. The summed E-state index contributed by atoms with van der Waals surface area (Å²) in [5.74, 6) is -0.221. The van der Waals surface area contributed by atoms with Crippen molar-refractivity contribution in [1.29, 1.82) is 5.26 Å². The molecule has 0 spiro atoms. The standard InChI is InChI=1S/C21H14BrF6N5/c22-10-2-4-14-15(6-10)31-18(30-14)17-9-1-3-11(5-9)33(17)19-12(8-29)13(20(23,24)25)7-16(32-19)21(26,27)28/h2,4,6-7,9,11,17H,1,3,5H2,(H,30,31)/t9-,11+,17-/m0/s1. The quantitative estimate of drug-likeness (QED) is 0.392. The largest absolute Gasteiger partial charge is 0.433 e. The summed E-state index contributed by atoms with van der Waals surface area (Å²) in [7, 11) is 0. The summed E-state index contributed by atoms with van der Waals surface area (Å²) in [6.45, 7) is 0. The Balaban J connectivity index is 1.71. The molecule has 12 heteroatoms. The summed E-state index contributed by atoms with van der Waals surface area (Å²) in [6, 6.07) is 5.72. The molecule has 0 radical (unpaired) electrons. The van der Waals surface area contributed by atoms with Crippen molar-refractivity contribution in [2.24, 2.45) is 5.92 Å². The molecule has 1 saturated heterocycles. The monoisotopic (exact) mass is 529 g/mol. The number of fused-ring (bicyclic) bond motifs is 3. The fraction of sp³-hybridized carbons (Fsp3) is 0.381. The molecule has 2 bridgehead atoms. The number of aromatic amines is 1. The summed E-state index contributed by atoms with van der Waals surface area (Å²) < 4.78 is 82.3. The van der Waals surface area contributed by atoms with Crippen molar-refractivity contribution in [3.05, 3.63) is 51.4 Å². The van der Waals surface area contributed by atoms with E-state index in [0.717, 1.165) is 10.9 Å². The molecule has 1 saturated carbocycles. The number of hydrogen-bond acceptors (Lipinski definition) is 4. The number of halogens is 7. The highest BCUT2D eigenvalue weighted by atomic mass is 79.9. The predicted octanol–water partition coefficient (Wildman–Crippen LogP) is 6.36. The van der Waals surface area contributed by atoms with Crippen LogP contribution in [-0.2, 0) is 12.4 Å². The third-order valence-electron chi connectivity index (χ3n) is 6.28. The highest BCUT2D eigenvalue weighted by molar-refractivity contribution is 9.10. The Morgan fingerprint density at radius 2 is 1.82 bits per heavy atom. The number of rotatable bonds is 2. The topological polar surface area (TPSA) is 68.6 Å². The van der Waals surface area contributed by atoms with E-state index in [1.807, 2.05) is 0 Å². The van der Waals surface area contributed by atoms with Crippen LogP contribution in [0.2, 0.25) is 0 Å². The van der Waals surface area contributed by atoms with Gasteiger partial charge in [-0.3, -0.25) is 0 Å². The van der Waals surface area contributed by atoms with E-state index >= 15 is 0 Å². The Kier molecular flexibility index (Phi) is 4.90. The second-order valence-corrected chi connectivity index (χ2v) is 9.14. The first-order valence-electron chi connectivity index (χ1n) is 10.0. The van der Waals surface area contributed by atoms with Crippen molar-refractivity contribution in [2.45, 2.75) is 43.7 Å². The highest BCUT2D eigenvalue weighted by Crippen LogP contribution is 2.53. The zero-order valence-corrected chi connectivity index (χ0v) is 18.2. The van der Waals surface area contributed by atoms with Crippen LogP contribution in [0.1, 0.15) is 47.9 Å². The number of nitrogens with one attached hydrogen (secondary N) is 1. The maximum Gasteiger partial charge on any atom is 0.433 e. The number of H-pyrrole nitrogens is 1. The second kappa shape index (κ2) is 7.35. The third-order valence-corrected chi connectivity index (χ3v) is 6.77. The first-order valence-corrected chi connectivity index (χ1v) is 10.8. The predicted molar refractivity (Wildman–Crippen MR) is 109 cm³/mol. The van der Waals surface area contributed by atoms with Crippen LogP contribution in [0.25, 0.3) is 11.0 Å². The number of imidazole rings is 1. The number of hydrogen-bond donors (Lipinski definition) is 1. The molecule has 1 aliphatic heterocycles. The van der Waals surface area contributed by atoms with Crippen LogP contribution < -0.4 is 4.90 Å². The molecular weight excluding hydrogens is 516 g/mol. The summed E-state index contributed by atoms with van der Waals surface area (Å²) in [5.41, 5.74) is -2.94. The highest BCUT2D eigenvalue weighted by Gasteiger charge is 2.51. The van der Waals surface area contributed by atoms with Crippen molar-refractivity contribution < 1.29 is 26.3 Å². The van der Waals surface area contributed by atoms with Crippen LogP contribution >= 0.6 is 15.9 Å². The first-order chi connectivity index (χ1) is 15.5. The molecular formula is C21H14BrF6N5. The van der Waals surface area contributed by atoms with Gasteiger partial charge in [-0.1, -0.05) is 15.9 Å². The van der Waals surface area contributed by atoms with Gasteiger partial charge in [-0.05, 0) is 49.4 Å². The van der Waals surface area contributed by atoms with Crippen molar-refractivity contribution in [3.63, 3.8) is 0 Å². The number of nitrogens with zero attached hydrogens (tertiary/aromatic N) is 4. The van der Waals surface area contributed by atoms with E-state index in [-0.39, 0.29) is 18.0 Å². The minimum Gasteiger partial charge on any atom is -0.342 e. The molecule has 3 aromatic rings. The van der Waals surface area contributed by atoms with Gasteiger partial charge in [0.05, 0.1) is 22.6 Å². The minimum atomic E-state index is -5.15. The lowest BCUT2D eigenvalue weighted by Crippen LogP contribution is -2.38. The van der Waals surface area contributed by atoms with E-state index in [1.54, 1.807) is 18.2 Å². The SMILES string of the molecule is N#Cc1c(C(F)(F)F)cc(C(F)(F)F)nc1N1[C@@H]2CC[C@@H](C2)[C@H]1c1nc2ccc(Br)cc2[nH]1. The lowest BCUT2D eigenvalue weighted by atomic mass is 9.97.